The molecule has 0 spiro atoms. The van der Waals surface area contributed by atoms with Crippen molar-refractivity contribution in [1.82, 2.24) is 0 Å². The molecule has 0 amide bonds. The van der Waals surface area contributed by atoms with E-state index in [0.717, 1.165) is 19.3 Å². The lowest BCUT2D eigenvalue weighted by molar-refractivity contribution is 0.0904. The Hall–Kier alpha value is -0.0400. The zero-order chi connectivity index (χ0) is 8.69. The van der Waals surface area contributed by atoms with Crippen molar-refractivity contribution in [3.8, 4) is 0 Å². The number of hydrogen-bond acceptors (Lipinski definition) is 1. The predicted molar refractivity (Wildman–Crippen MR) is 49.6 cm³/mol. The highest BCUT2D eigenvalue weighted by molar-refractivity contribution is 4.66. The van der Waals surface area contributed by atoms with Gasteiger partial charge in [-0.05, 0) is 18.8 Å². The van der Waals surface area contributed by atoms with Gasteiger partial charge >= 0.3 is 0 Å². The zero-order valence-corrected chi connectivity index (χ0v) is 8.14. The quantitative estimate of drug-likeness (QED) is 0.630. The van der Waals surface area contributed by atoms with Crippen LogP contribution in [0.1, 0.15) is 52.9 Å². The van der Waals surface area contributed by atoms with Gasteiger partial charge in [0.2, 0.25) is 0 Å². The monoisotopic (exact) mass is 158 g/mol. The second kappa shape index (κ2) is 6.66. The molecular formula is C10H22O. The normalized spacial score (nSPS) is 16.4. The van der Waals surface area contributed by atoms with Crippen LogP contribution < -0.4 is 0 Å². The molecule has 1 N–H and O–H groups in total. The van der Waals surface area contributed by atoms with E-state index in [4.69, 9.17) is 0 Å². The third kappa shape index (κ3) is 4.41. The number of rotatable bonds is 6. The Bertz CT molecular complexity index is 80.9. The van der Waals surface area contributed by atoms with Gasteiger partial charge in [-0.15, -0.1) is 0 Å². The average molecular weight is 158 g/mol. The van der Waals surface area contributed by atoms with Crippen LogP contribution in [0.5, 0.6) is 0 Å². The van der Waals surface area contributed by atoms with Crippen molar-refractivity contribution in [2.75, 3.05) is 0 Å². The van der Waals surface area contributed by atoms with E-state index in [1.165, 1.54) is 12.8 Å². The number of aliphatic hydroxyl groups excluding tert-OH is 1. The van der Waals surface area contributed by atoms with Crippen molar-refractivity contribution >= 4 is 0 Å². The molecule has 0 radical (unpaired) electrons. The summed E-state index contributed by atoms with van der Waals surface area (Å²) in [7, 11) is 0. The molecule has 0 aliphatic rings. The second-order valence-electron chi connectivity index (χ2n) is 3.31. The first-order valence-corrected chi connectivity index (χ1v) is 4.94. The summed E-state index contributed by atoms with van der Waals surface area (Å²) in [5.41, 5.74) is 0. The summed E-state index contributed by atoms with van der Waals surface area (Å²) < 4.78 is 0. The zero-order valence-electron chi connectivity index (χ0n) is 8.14. The smallest absolute Gasteiger partial charge is 0.0568 e. The Morgan fingerprint density at radius 2 is 1.55 bits per heavy atom. The van der Waals surface area contributed by atoms with Gasteiger partial charge in [-0.25, -0.2) is 0 Å². The Morgan fingerprint density at radius 1 is 1.00 bits per heavy atom. The fourth-order valence-corrected chi connectivity index (χ4v) is 1.57. The van der Waals surface area contributed by atoms with Crippen LogP contribution >= 0.6 is 0 Å². The Morgan fingerprint density at radius 3 is 1.91 bits per heavy atom. The van der Waals surface area contributed by atoms with E-state index in [-0.39, 0.29) is 6.10 Å². The van der Waals surface area contributed by atoms with Crippen molar-refractivity contribution in [1.29, 1.82) is 0 Å². The van der Waals surface area contributed by atoms with Crippen LogP contribution in [0, 0.1) is 5.92 Å². The molecular weight excluding hydrogens is 136 g/mol. The van der Waals surface area contributed by atoms with Crippen LogP contribution in [-0.2, 0) is 0 Å². The minimum Gasteiger partial charge on any atom is -0.393 e. The Balaban J connectivity index is 3.61. The van der Waals surface area contributed by atoms with E-state index in [0.29, 0.717) is 5.92 Å². The number of hydrogen-bond donors (Lipinski definition) is 1. The van der Waals surface area contributed by atoms with Crippen LogP contribution in [-0.4, -0.2) is 11.2 Å². The van der Waals surface area contributed by atoms with Gasteiger partial charge in [0.15, 0.2) is 0 Å². The summed E-state index contributed by atoms with van der Waals surface area (Å²) in [6, 6.07) is 0. The summed E-state index contributed by atoms with van der Waals surface area (Å²) in [4.78, 5) is 0. The van der Waals surface area contributed by atoms with Crippen molar-refractivity contribution < 1.29 is 5.11 Å². The minimum atomic E-state index is -0.0510. The van der Waals surface area contributed by atoms with Crippen molar-refractivity contribution in [2.45, 2.75) is 59.0 Å². The van der Waals surface area contributed by atoms with Crippen molar-refractivity contribution in [2.24, 2.45) is 5.92 Å². The molecule has 0 saturated carbocycles. The Kier molecular flexibility index (Phi) is 6.63. The van der Waals surface area contributed by atoms with Crippen molar-refractivity contribution in [3.05, 3.63) is 0 Å². The molecule has 0 rings (SSSR count). The molecule has 1 nitrogen and oxygen atoms in total. The second-order valence-corrected chi connectivity index (χ2v) is 3.31. The molecule has 11 heavy (non-hydrogen) atoms. The van der Waals surface area contributed by atoms with Crippen LogP contribution in [0.25, 0.3) is 0 Å². The summed E-state index contributed by atoms with van der Waals surface area (Å²) in [5, 5.41) is 9.64. The highest BCUT2D eigenvalue weighted by Gasteiger charge is 2.14. The molecule has 1 heteroatoms. The van der Waals surface area contributed by atoms with E-state index in [1.54, 1.807) is 0 Å². The fraction of sp³-hybridized carbons (Fsp3) is 1.00. The first kappa shape index (κ1) is 11.0. The van der Waals surface area contributed by atoms with E-state index in [2.05, 4.69) is 20.8 Å². The molecule has 2 unspecified atom stereocenters. The maximum absolute atomic E-state index is 9.64. The minimum absolute atomic E-state index is 0.0510. The van der Waals surface area contributed by atoms with E-state index in [9.17, 15) is 5.11 Å². The Labute approximate surface area is 70.8 Å². The molecule has 2 atom stereocenters. The lowest BCUT2D eigenvalue weighted by atomic mass is 9.92. The van der Waals surface area contributed by atoms with Crippen LogP contribution in [0.4, 0.5) is 0 Å². The van der Waals surface area contributed by atoms with E-state index < -0.39 is 0 Å². The van der Waals surface area contributed by atoms with Gasteiger partial charge in [0.05, 0.1) is 6.10 Å². The van der Waals surface area contributed by atoms with E-state index >= 15 is 0 Å². The maximum atomic E-state index is 9.64. The van der Waals surface area contributed by atoms with Gasteiger partial charge in [-0.1, -0.05) is 40.0 Å². The first-order valence-electron chi connectivity index (χ1n) is 4.94. The summed E-state index contributed by atoms with van der Waals surface area (Å²) >= 11 is 0. The molecule has 0 fully saturated rings. The molecule has 0 bridgehead atoms. The van der Waals surface area contributed by atoms with Gasteiger partial charge in [0.25, 0.3) is 0 Å². The van der Waals surface area contributed by atoms with Gasteiger partial charge in [-0.2, -0.15) is 0 Å². The standard InChI is InChI=1S/C10H22O/c1-4-7-9(6-3)10(11)8-5-2/h9-11H,4-8H2,1-3H3. The average Bonchev–Trinajstić information content (AvgIpc) is 2.00. The predicted octanol–water partition coefficient (Wildman–Crippen LogP) is 2.97. The molecule has 68 valence electrons. The molecule has 0 aliphatic heterocycles. The summed E-state index contributed by atoms with van der Waals surface area (Å²) in [5.74, 6) is 0.542. The maximum Gasteiger partial charge on any atom is 0.0568 e. The van der Waals surface area contributed by atoms with Crippen LogP contribution in [0.2, 0.25) is 0 Å². The lowest BCUT2D eigenvalue weighted by Crippen LogP contribution is -2.19. The summed E-state index contributed by atoms with van der Waals surface area (Å²) in [6.45, 7) is 6.47. The van der Waals surface area contributed by atoms with Gasteiger partial charge in [-0.3, -0.25) is 0 Å². The highest BCUT2D eigenvalue weighted by atomic mass is 16.3. The van der Waals surface area contributed by atoms with Crippen LogP contribution in [0.15, 0.2) is 0 Å². The van der Waals surface area contributed by atoms with Gasteiger partial charge in [0.1, 0.15) is 0 Å². The lowest BCUT2D eigenvalue weighted by Gasteiger charge is -2.20. The third-order valence-corrected chi connectivity index (χ3v) is 2.31. The first-order chi connectivity index (χ1) is 5.26. The highest BCUT2D eigenvalue weighted by Crippen LogP contribution is 2.18. The topological polar surface area (TPSA) is 20.2 Å². The molecule has 0 saturated heterocycles. The summed E-state index contributed by atoms with van der Waals surface area (Å²) in [6.07, 6.45) is 5.51. The third-order valence-electron chi connectivity index (χ3n) is 2.31. The SMILES string of the molecule is CCCC(O)C(CC)CCC. The largest absolute Gasteiger partial charge is 0.393 e. The molecule has 0 heterocycles. The molecule has 0 aromatic rings. The molecule has 0 aliphatic carbocycles. The van der Waals surface area contributed by atoms with Gasteiger partial charge in [0, 0.05) is 0 Å². The van der Waals surface area contributed by atoms with E-state index in [1.807, 2.05) is 0 Å². The molecule has 0 aromatic carbocycles. The number of aliphatic hydroxyl groups is 1. The van der Waals surface area contributed by atoms with Gasteiger partial charge < -0.3 is 5.11 Å². The van der Waals surface area contributed by atoms with Crippen LogP contribution in [0.3, 0.4) is 0 Å². The fourth-order valence-electron chi connectivity index (χ4n) is 1.57. The molecule has 0 aromatic heterocycles. The van der Waals surface area contributed by atoms with Crippen molar-refractivity contribution in [3.63, 3.8) is 0 Å².